The number of nitrogens with zero attached hydrogens (tertiary/aromatic N) is 1. The van der Waals surface area contributed by atoms with Crippen LogP contribution in [0.15, 0.2) is 0 Å². The van der Waals surface area contributed by atoms with Crippen molar-refractivity contribution >= 4 is 5.97 Å². The summed E-state index contributed by atoms with van der Waals surface area (Å²) < 4.78 is 5.42. The summed E-state index contributed by atoms with van der Waals surface area (Å²) in [7, 11) is 0. The van der Waals surface area contributed by atoms with Gasteiger partial charge in [-0.05, 0) is 13.8 Å². The summed E-state index contributed by atoms with van der Waals surface area (Å²) in [4.78, 5) is 12.8. The van der Waals surface area contributed by atoms with E-state index >= 15 is 0 Å². The van der Waals surface area contributed by atoms with Gasteiger partial charge in [-0.15, -0.1) is 0 Å². The van der Waals surface area contributed by atoms with Gasteiger partial charge in [0.2, 0.25) is 0 Å². The van der Waals surface area contributed by atoms with Crippen LogP contribution in [0.2, 0.25) is 0 Å². The molecule has 0 bridgehead atoms. The normalized spacial score (nSPS) is 31.4. The van der Waals surface area contributed by atoms with E-state index in [1.165, 1.54) is 0 Å². The van der Waals surface area contributed by atoms with E-state index in [0.717, 1.165) is 0 Å². The van der Waals surface area contributed by atoms with Crippen LogP contribution in [0.4, 0.5) is 0 Å². The lowest BCUT2D eigenvalue weighted by Gasteiger charge is -2.40. The minimum Gasteiger partial charge on any atom is -0.480 e. The Morgan fingerprint density at radius 1 is 1.71 bits per heavy atom. The zero-order valence-corrected chi connectivity index (χ0v) is 8.64. The second-order valence-corrected chi connectivity index (χ2v) is 3.64. The van der Waals surface area contributed by atoms with Crippen molar-refractivity contribution in [2.24, 2.45) is 5.73 Å². The molecule has 1 saturated heterocycles. The lowest BCUT2D eigenvalue weighted by Crippen LogP contribution is -2.57. The molecule has 5 nitrogen and oxygen atoms in total. The molecular formula is C9H18N2O3. The van der Waals surface area contributed by atoms with Crippen molar-refractivity contribution in [1.29, 1.82) is 0 Å². The van der Waals surface area contributed by atoms with Crippen LogP contribution < -0.4 is 5.73 Å². The first kappa shape index (κ1) is 11.4. The summed E-state index contributed by atoms with van der Waals surface area (Å²) in [5.74, 6) is -0.853. The molecule has 0 amide bonds. The van der Waals surface area contributed by atoms with Gasteiger partial charge >= 0.3 is 5.97 Å². The lowest BCUT2D eigenvalue weighted by molar-refractivity contribution is -0.149. The van der Waals surface area contributed by atoms with Crippen LogP contribution in [0.3, 0.4) is 0 Å². The molecule has 0 radical (unpaired) electrons. The molecule has 1 aliphatic rings. The van der Waals surface area contributed by atoms with Crippen molar-refractivity contribution in [2.45, 2.75) is 32.0 Å². The summed E-state index contributed by atoms with van der Waals surface area (Å²) in [6.45, 7) is 5.28. The molecule has 0 spiro atoms. The zero-order chi connectivity index (χ0) is 10.7. The topological polar surface area (TPSA) is 75.8 Å². The second kappa shape index (κ2) is 4.72. The van der Waals surface area contributed by atoms with E-state index in [1.54, 1.807) is 0 Å². The fraction of sp³-hybridized carbons (Fsp3) is 0.889. The van der Waals surface area contributed by atoms with Crippen molar-refractivity contribution < 1.29 is 14.6 Å². The number of aliphatic carboxylic acids is 1. The number of carboxylic acids is 1. The molecule has 1 aliphatic heterocycles. The Hall–Kier alpha value is -0.650. The predicted octanol–water partition coefficient (Wildman–Crippen LogP) is -0.492. The predicted molar refractivity (Wildman–Crippen MR) is 52.1 cm³/mol. The number of nitrogens with two attached hydrogens (primary N) is 1. The Labute approximate surface area is 83.8 Å². The van der Waals surface area contributed by atoms with Gasteiger partial charge in [0.1, 0.15) is 6.04 Å². The van der Waals surface area contributed by atoms with Gasteiger partial charge in [0.25, 0.3) is 0 Å². The van der Waals surface area contributed by atoms with Gasteiger partial charge in [0.15, 0.2) is 0 Å². The van der Waals surface area contributed by atoms with E-state index < -0.39 is 12.0 Å². The smallest absolute Gasteiger partial charge is 0.322 e. The molecule has 3 atom stereocenters. The SMILES string of the molecule is CC1OCCN(C(CN)C(=O)O)C1C. The summed E-state index contributed by atoms with van der Waals surface area (Å²) in [5, 5.41) is 8.97. The number of hydrogen-bond acceptors (Lipinski definition) is 4. The first-order valence-corrected chi connectivity index (χ1v) is 4.88. The molecule has 0 aromatic carbocycles. The second-order valence-electron chi connectivity index (χ2n) is 3.64. The molecule has 0 aromatic rings. The fourth-order valence-corrected chi connectivity index (χ4v) is 1.77. The van der Waals surface area contributed by atoms with Gasteiger partial charge in [-0.1, -0.05) is 0 Å². The number of carbonyl (C=O) groups is 1. The quantitative estimate of drug-likeness (QED) is 0.645. The maximum Gasteiger partial charge on any atom is 0.322 e. The van der Waals surface area contributed by atoms with Gasteiger partial charge in [0, 0.05) is 19.1 Å². The number of carboxylic acid groups (broad SMARTS) is 1. The van der Waals surface area contributed by atoms with Crippen molar-refractivity contribution in [3.8, 4) is 0 Å². The molecule has 3 N–H and O–H groups in total. The largest absolute Gasteiger partial charge is 0.480 e. The average molecular weight is 202 g/mol. The molecule has 82 valence electrons. The molecule has 0 aromatic heterocycles. The van der Waals surface area contributed by atoms with E-state index in [1.807, 2.05) is 18.7 Å². The molecular weight excluding hydrogens is 184 g/mol. The summed E-state index contributed by atoms with van der Waals surface area (Å²) >= 11 is 0. The van der Waals surface area contributed by atoms with Crippen LogP contribution in [-0.2, 0) is 9.53 Å². The van der Waals surface area contributed by atoms with Gasteiger partial charge in [0.05, 0.1) is 12.7 Å². The average Bonchev–Trinajstić information content (AvgIpc) is 2.13. The number of morpholine rings is 1. The van der Waals surface area contributed by atoms with Crippen molar-refractivity contribution in [3.05, 3.63) is 0 Å². The minimum atomic E-state index is -0.853. The summed E-state index contributed by atoms with van der Waals surface area (Å²) in [5.41, 5.74) is 5.45. The van der Waals surface area contributed by atoms with Crippen molar-refractivity contribution in [1.82, 2.24) is 4.90 Å². The highest BCUT2D eigenvalue weighted by Gasteiger charge is 2.33. The fourth-order valence-electron chi connectivity index (χ4n) is 1.77. The van der Waals surface area contributed by atoms with Crippen LogP contribution >= 0.6 is 0 Å². The molecule has 1 heterocycles. The van der Waals surface area contributed by atoms with Gasteiger partial charge in [-0.25, -0.2) is 0 Å². The van der Waals surface area contributed by atoms with E-state index in [9.17, 15) is 4.79 Å². The first-order valence-electron chi connectivity index (χ1n) is 4.88. The minimum absolute atomic E-state index is 0.0668. The van der Waals surface area contributed by atoms with Gasteiger partial charge in [-0.3, -0.25) is 9.69 Å². The Morgan fingerprint density at radius 2 is 2.36 bits per heavy atom. The Kier molecular flexibility index (Phi) is 3.86. The first-order chi connectivity index (χ1) is 6.57. The van der Waals surface area contributed by atoms with E-state index in [0.29, 0.717) is 13.2 Å². The molecule has 1 fully saturated rings. The van der Waals surface area contributed by atoms with Crippen molar-refractivity contribution in [3.63, 3.8) is 0 Å². The number of rotatable bonds is 3. The third-order valence-corrected chi connectivity index (χ3v) is 2.84. The molecule has 0 aliphatic carbocycles. The molecule has 14 heavy (non-hydrogen) atoms. The highest BCUT2D eigenvalue weighted by atomic mass is 16.5. The standard InChI is InChI=1S/C9H18N2O3/c1-6-7(2)14-4-3-11(6)8(5-10)9(12)13/h6-8H,3-5,10H2,1-2H3,(H,12,13). The lowest BCUT2D eigenvalue weighted by atomic mass is 10.1. The van der Waals surface area contributed by atoms with Gasteiger partial charge in [-0.2, -0.15) is 0 Å². The van der Waals surface area contributed by atoms with Crippen LogP contribution in [0.5, 0.6) is 0 Å². The highest BCUT2D eigenvalue weighted by Crippen LogP contribution is 2.16. The van der Waals surface area contributed by atoms with Crippen molar-refractivity contribution in [2.75, 3.05) is 19.7 Å². The highest BCUT2D eigenvalue weighted by molar-refractivity contribution is 5.73. The number of ether oxygens (including phenoxy) is 1. The monoisotopic (exact) mass is 202 g/mol. The van der Waals surface area contributed by atoms with E-state index in [4.69, 9.17) is 15.6 Å². The third kappa shape index (κ3) is 2.23. The zero-order valence-electron chi connectivity index (χ0n) is 8.64. The van der Waals surface area contributed by atoms with Crippen LogP contribution in [-0.4, -0.2) is 53.9 Å². The van der Waals surface area contributed by atoms with Gasteiger partial charge < -0.3 is 15.6 Å². The molecule has 0 saturated carbocycles. The number of hydrogen-bond donors (Lipinski definition) is 2. The Morgan fingerprint density at radius 3 is 2.86 bits per heavy atom. The molecule has 5 heteroatoms. The van der Waals surface area contributed by atoms with E-state index in [2.05, 4.69) is 0 Å². The molecule has 3 unspecified atom stereocenters. The Balaban J connectivity index is 2.68. The maximum atomic E-state index is 10.9. The maximum absolute atomic E-state index is 10.9. The third-order valence-electron chi connectivity index (χ3n) is 2.84. The van der Waals surface area contributed by atoms with Crippen LogP contribution in [0.25, 0.3) is 0 Å². The van der Waals surface area contributed by atoms with Crippen LogP contribution in [0.1, 0.15) is 13.8 Å². The van der Waals surface area contributed by atoms with Crippen LogP contribution in [0, 0.1) is 0 Å². The summed E-state index contributed by atoms with van der Waals surface area (Å²) in [6, 6.07) is -0.482. The molecule has 1 rings (SSSR count). The van der Waals surface area contributed by atoms with E-state index in [-0.39, 0.29) is 18.7 Å². The Bertz CT molecular complexity index is 210. The summed E-state index contributed by atoms with van der Waals surface area (Å²) in [6.07, 6.45) is 0.0668.